The first-order valence-corrected chi connectivity index (χ1v) is 4.46. The summed E-state index contributed by atoms with van der Waals surface area (Å²) in [5, 5.41) is 0. The Bertz CT molecular complexity index is 241. The highest BCUT2D eigenvalue weighted by molar-refractivity contribution is 5.38. The van der Waals surface area contributed by atoms with E-state index in [1.807, 2.05) is 13.0 Å². The van der Waals surface area contributed by atoms with Crippen molar-refractivity contribution in [3.8, 4) is 0 Å². The zero-order chi connectivity index (χ0) is 8.97. The smallest absolute Gasteiger partial charge is 0.128 e. The summed E-state index contributed by atoms with van der Waals surface area (Å²) in [7, 11) is 0. The minimum Gasteiger partial charge on any atom is -0.357 e. The lowest BCUT2D eigenvalue weighted by Crippen LogP contribution is -2.22. The Balaban J connectivity index is 2.85. The molecule has 0 atom stereocenters. The Hall–Kier alpha value is -1.05. The normalized spacial score (nSPS) is 9.92. The lowest BCUT2D eigenvalue weighted by atomic mass is 10.3. The van der Waals surface area contributed by atoms with Gasteiger partial charge in [-0.2, -0.15) is 0 Å². The summed E-state index contributed by atoms with van der Waals surface area (Å²) in [6.07, 6.45) is 0. The lowest BCUT2D eigenvalue weighted by molar-refractivity contribution is 0.842. The number of anilines is 1. The molecule has 0 radical (unpaired) electrons. The molecule has 1 rings (SSSR count). The first-order valence-electron chi connectivity index (χ1n) is 4.46. The van der Waals surface area contributed by atoms with Crippen molar-refractivity contribution in [2.45, 2.75) is 20.8 Å². The van der Waals surface area contributed by atoms with E-state index in [4.69, 9.17) is 0 Å². The van der Waals surface area contributed by atoms with Crippen LogP contribution in [-0.4, -0.2) is 18.1 Å². The molecule has 0 unspecified atom stereocenters. The van der Waals surface area contributed by atoms with Gasteiger partial charge < -0.3 is 4.90 Å². The summed E-state index contributed by atoms with van der Waals surface area (Å²) in [4.78, 5) is 6.68. The standard InChI is InChI=1S/C10H16N2/c1-4-12(5-2)10-8-6-7-9(3)11-10/h6-8H,4-5H2,1-3H3. The molecular formula is C10H16N2. The predicted molar refractivity (Wildman–Crippen MR) is 52.5 cm³/mol. The summed E-state index contributed by atoms with van der Waals surface area (Å²) in [6.45, 7) is 8.36. The molecule has 2 heteroatoms. The second kappa shape index (κ2) is 4.10. The van der Waals surface area contributed by atoms with Crippen molar-refractivity contribution in [1.82, 2.24) is 4.98 Å². The molecule has 0 spiro atoms. The van der Waals surface area contributed by atoms with Crippen LogP contribution in [0.2, 0.25) is 0 Å². The number of rotatable bonds is 3. The van der Waals surface area contributed by atoms with Crippen LogP contribution in [0.15, 0.2) is 18.2 Å². The van der Waals surface area contributed by atoms with Crippen molar-refractivity contribution in [2.75, 3.05) is 18.0 Å². The van der Waals surface area contributed by atoms with Gasteiger partial charge in [0.1, 0.15) is 5.82 Å². The number of hydrogen-bond donors (Lipinski definition) is 0. The molecule has 1 aromatic heterocycles. The predicted octanol–water partition coefficient (Wildman–Crippen LogP) is 2.24. The van der Waals surface area contributed by atoms with E-state index in [0.29, 0.717) is 0 Å². The van der Waals surface area contributed by atoms with Crippen LogP contribution in [0.5, 0.6) is 0 Å². The van der Waals surface area contributed by atoms with Crippen molar-refractivity contribution >= 4 is 5.82 Å². The van der Waals surface area contributed by atoms with E-state index in [9.17, 15) is 0 Å². The van der Waals surface area contributed by atoms with Crippen LogP contribution in [0, 0.1) is 6.92 Å². The van der Waals surface area contributed by atoms with Crippen molar-refractivity contribution < 1.29 is 0 Å². The average Bonchev–Trinajstić information content (AvgIpc) is 2.07. The summed E-state index contributed by atoms with van der Waals surface area (Å²) < 4.78 is 0. The topological polar surface area (TPSA) is 16.1 Å². The third kappa shape index (κ3) is 1.97. The summed E-state index contributed by atoms with van der Waals surface area (Å²) in [5.74, 6) is 1.08. The Kier molecular flexibility index (Phi) is 3.09. The number of nitrogens with zero attached hydrogens (tertiary/aromatic N) is 2. The fourth-order valence-electron chi connectivity index (χ4n) is 1.25. The molecule has 0 aliphatic carbocycles. The van der Waals surface area contributed by atoms with Gasteiger partial charge in [-0.05, 0) is 32.9 Å². The van der Waals surface area contributed by atoms with E-state index in [-0.39, 0.29) is 0 Å². The molecule has 0 aliphatic heterocycles. The van der Waals surface area contributed by atoms with E-state index >= 15 is 0 Å². The quantitative estimate of drug-likeness (QED) is 0.681. The van der Waals surface area contributed by atoms with Gasteiger partial charge in [0.25, 0.3) is 0 Å². The molecule has 66 valence electrons. The van der Waals surface area contributed by atoms with Crippen molar-refractivity contribution in [3.05, 3.63) is 23.9 Å². The second-order valence-corrected chi connectivity index (χ2v) is 2.81. The molecule has 0 fully saturated rings. The molecule has 0 N–H and O–H groups in total. The van der Waals surface area contributed by atoms with Crippen LogP contribution in [0.25, 0.3) is 0 Å². The van der Waals surface area contributed by atoms with Crippen LogP contribution < -0.4 is 4.90 Å². The van der Waals surface area contributed by atoms with Crippen molar-refractivity contribution in [3.63, 3.8) is 0 Å². The number of pyridine rings is 1. The van der Waals surface area contributed by atoms with Crippen LogP contribution in [0.1, 0.15) is 19.5 Å². The van der Waals surface area contributed by atoms with E-state index in [0.717, 1.165) is 24.6 Å². The van der Waals surface area contributed by atoms with Gasteiger partial charge in [-0.15, -0.1) is 0 Å². The van der Waals surface area contributed by atoms with Crippen LogP contribution >= 0.6 is 0 Å². The third-order valence-corrected chi connectivity index (χ3v) is 1.96. The first kappa shape index (κ1) is 9.04. The van der Waals surface area contributed by atoms with Gasteiger partial charge >= 0.3 is 0 Å². The van der Waals surface area contributed by atoms with E-state index in [2.05, 4.69) is 35.9 Å². The van der Waals surface area contributed by atoms with E-state index in [1.165, 1.54) is 0 Å². The Morgan fingerprint density at radius 3 is 2.42 bits per heavy atom. The minimum atomic E-state index is 1.02. The fourth-order valence-corrected chi connectivity index (χ4v) is 1.25. The molecule has 0 amide bonds. The second-order valence-electron chi connectivity index (χ2n) is 2.81. The maximum absolute atomic E-state index is 4.44. The van der Waals surface area contributed by atoms with Crippen LogP contribution in [-0.2, 0) is 0 Å². The summed E-state index contributed by atoms with van der Waals surface area (Å²) >= 11 is 0. The first-order chi connectivity index (χ1) is 5.77. The third-order valence-electron chi connectivity index (χ3n) is 1.96. The van der Waals surface area contributed by atoms with Gasteiger partial charge in [-0.3, -0.25) is 0 Å². The monoisotopic (exact) mass is 164 g/mol. The summed E-state index contributed by atoms with van der Waals surface area (Å²) in [6, 6.07) is 6.13. The zero-order valence-corrected chi connectivity index (χ0v) is 8.04. The maximum Gasteiger partial charge on any atom is 0.128 e. The van der Waals surface area contributed by atoms with Gasteiger partial charge in [0.2, 0.25) is 0 Å². The molecule has 0 saturated heterocycles. The molecular weight excluding hydrogens is 148 g/mol. The molecule has 0 bridgehead atoms. The van der Waals surface area contributed by atoms with Crippen molar-refractivity contribution in [1.29, 1.82) is 0 Å². The van der Waals surface area contributed by atoms with Crippen LogP contribution in [0.4, 0.5) is 5.82 Å². The molecule has 2 nitrogen and oxygen atoms in total. The largest absolute Gasteiger partial charge is 0.357 e. The molecule has 1 heterocycles. The van der Waals surface area contributed by atoms with Gasteiger partial charge in [0.15, 0.2) is 0 Å². The summed E-state index contributed by atoms with van der Waals surface area (Å²) in [5.41, 5.74) is 1.08. The van der Waals surface area contributed by atoms with Gasteiger partial charge in [0, 0.05) is 18.8 Å². The molecule has 0 aliphatic rings. The van der Waals surface area contributed by atoms with Gasteiger partial charge in [-0.25, -0.2) is 4.98 Å². The number of hydrogen-bond acceptors (Lipinski definition) is 2. The fraction of sp³-hybridized carbons (Fsp3) is 0.500. The van der Waals surface area contributed by atoms with Gasteiger partial charge in [0.05, 0.1) is 0 Å². The highest BCUT2D eigenvalue weighted by Gasteiger charge is 2.01. The number of aromatic nitrogens is 1. The van der Waals surface area contributed by atoms with Crippen molar-refractivity contribution in [2.24, 2.45) is 0 Å². The Morgan fingerprint density at radius 1 is 1.25 bits per heavy atom. The maximum atomic E-state index is 4.44. The lowest BCUT2D eigenvalue weighted by Gasteiger charge is -2.19. The Morgan fingerprint density at radius 2 is 1.92 bits per heavy atom. The molecule has 1 aromatic rings. The Labute approximate surface area is 74.2 Å². The van der Waals surface area contributed by atoms with E-state index < -0.39 is 0 Å². The highest BCUT2D eigenvalue weighted by atomic mass is 15.2. The van der Waals surface area contributed by atoms with Crippen LogP contribution in [0.3, 0.4) is 0 Å². The minimum absolute atomic E-state index is 1.02. The SMILES string of the molecule is CCN(CC)c1cccc(C)n1. The number of aryl methyl sites for hydroxylation is 1. The molecule has 0 saturated carbocycles. The molecule has 12 heavy (non-hydrogen) atoms. The van der Waals surface area contributed by atoms with Gasteiger partial charge in [-0.1, -0.05) is 6.07 Å². The average molecular weight is 164 g/mol. The van der Waals surface area contributed by atoms with E-state index in [1.54, 1.807) is 0 Å². The molecule has 0 aromatic carbocycles. The zero-order valence-electron chi connectivity index (χ0n) is 8.04. The highest BCUT2D eigenvalue weighted by Crippen LogP contribution is 2.09.